The Labute approximate surface area is 177 Å². The summed E-state index contributed by atoms with van der Waals surface area (Å²) in [6.07, 6.45) is 4.15. The lowest BCUT2D eigenvalue weighted by Gasteiger charge is -2.36. The molecule has 0 aromatic carbocycles. The van der Waals surface area contributed by atoms with Crippen molar-refractivity contribution in [3.63, 3.8) is 0 Å². The van der Waals surface area contributed by atoms with E-state index in [1.165, 1.54) is 0 Å². The molecule has 3 aliphatic rings. The number of carbonyl (C=O) groups is 2. The minimum Gasteiger partial charge on any atom is -0.465 e. The third kappa shape index (κ3) is 4.39. The zero-order valence-electron chi connectivity index (χ0n) is 18.1. The number of rotatable bonds is 6. The summed E-state index contributed by atoms with van der Waals surface area (Å²) in [6.45, 7) is 8.29. The SMILES string of the molecule is CCc1nn(CC(C)COC(=O)C2CCOC2)c2c1C(=O)NCC1(CCOCC1)C2. The van der Waals surface area contributed by atoms with Crippen molar-refractivity contribution in [3.8, 4) is 0 Å². The van der Waals surface area contributed by atoms with Crippen LogP contribution in [0.1, 0.15) is 54.9 Å². The quantitative estimate of drug-likeness (QED) is 0.707. The number of esters is 1. The largest absolute Gasteiger partial charge is 0.465 e. The molecule has 2 unspecified atom stereocenters. The fourth-order valence-electron chi connectivity index (χ4n) is 4.73. The van der Waals surface area contributed by atoms with E-state index in [0.29, 0.717) is 39.3 Å². The first-order valence-electron chi connectivity index (χ1n) is 11.2. The second kappa shape index (κ2) is 9.06. The number of hydrogen-bond donors (Lipinski definition) is 1. The molecule has 30 heavy (non-hydrogen) atoms. The Morgan fingerprint density at radius 2 is 2.13 bits per heavy atom. The Morgan fingerprint density at radius 1 is 1.33 bits per heavy atom. The number of ether oxygens (including phenoxy) is 3. The van der Waals surface area contributed by atoms with Crippen LogP contribution in [0, 0.1) is 17.3 Å². The number of nitrogens with zero attached hydrogens (tertiary/aromatic N) is 2. The molecule has 1 aromatic heterocycles. The molecule has 4 rings (SSSR count). The van der Waals surface area contributed by atoms with Crippen LogP contribution in [-0.2, 0) is 38.4 Å². The van der Waals surface area contributed by atoms with Gasteiger partial charge in [0.15, 0.2) is 0 Å². The van der Waals surface area contributed by atoms with Gasteiger partial charge >= 0.3 is 5.97 Å². The van der Waals surface area contributed by atoms with Gasteiger partial charge in [0.05, 0.1) is 36.1 Å². The maximum Gasteiger partial charge on any atom is 0.311 e. The van der Waals surface area contributed by atoms with Crippen LogP contribution in [0.5, 0.6) is 0 Å². The molecule has 1 amide bonds. The fraction of sp³-hybridized carbons (Fsp3) is 0.773. The number of carbonyl (C=O) groups excluding carboxylic acids is 2. The third-order valence-corrected chi connectivity index (χ3v) is 6.67. The molecule has 1 spiro atoms. The predicted molar refractivity (Wildman–Crippen MR) is 109 cm³/mol. The second-order valence-corrected chi connectivity index (χ2v) is 9.07. The molecular weight excluding hydrogens is 386 g/mol. The molecular formula is C22H33N3O5. The van der Waals surface area contributed by atoms with Gasteiger partial charge in [0.1, 0.15) is 0 Å². The van der Waals surface area contributed by atoms with Crippen molar-refractivity contribution in [3.05, 3.63) is 17.0 Å². The van der Waals surface area contributed by atoms with Crippen molar-refractivity contribution in [1.82, 2.24) is 15.1 Å². The third-order valence-electron chi connectivity index (χ3n) is 6.67. The van der Waals surface area contributed by atoms with Crippen LogP contribution in [0.4, 0.5) is 0 Å². The molecule has 0 bridgehead atoms. The molecule has 1 aromatic rings. The maximum absolute atomic E-state index is 12.9. The van der Waals surface area contributed by atoms with E-state index in [0.717, 1.165) is 55.8 Å². The van der Waals surface area contributed by atoms with E-state index in [2.05, 4.69) is 12.2 Å². The van der Waals surface area contributed by atoms with Gasteiger partial charge < -0.3 is 19.5 Å². The van der Waals surface area contributed by atoms with Gasteiger partial charge in [0.2, 0.25) is 0 Å². The lowest BCUT2D eigenvalue weighted by molar-refractivity contribution is -0.149. The van der Waals surface area contributed by atoms with E-state index >= 15 is 0 Å². The fourth-order valence-corrected chi connectivity index (χ4v) is 4.73. The van der Waals surface area contributed by atoms with Gasteiger partial charge in [-0.3, -0.25) is 14.3 Å². The summed E-state index contributed by atoms with van der Waals surface area (Å²) in [5.74, 6) is -0.228. The van der Waals surface area contributed by atoms with E-state index < -0.39 is 0 Å². The van der Waals surface area contributed by atoms with Gasteiger partial charge in [-0.2, -0.15) is 5.10 Å². The topological polar surface area (TPSA) is 91.7 Å². The van der Waals surface area contributed by atoms with Crippen LogP contribution < -0.4 is 5.32 Å². The summed E-state index contributed by atoms with van der Waals surface area (Å²) >= 11 is 0. The zero-order chi connectivity index (χ0) is 21.1. The summed E-state index contributed by atoms with van der Waals surface area (Å²) in [5, 5.41) is 7.93. The normalized spacial score (nSPS) is 24.2. The average Bonchev–Trinajstić information content (AvgIpc) is 3.37. The molecule has 166 valence electrons. The molecule has 8 nitrogen and oxygen atoms in total. The molecule has 0 saturated carbocycles. The van der Waals surface area contributed by atoms with Crippen LogP contribution in [-0.4, -0.2) is 61.2 Å². The van der Waals surface area contributed by atoms with Gasteiger partial charge in [-0.05, 0) is 37.5 Å². The Balaban J connectivity index is 1.49. The number of aromatic nitrogens is 2. The molecule has 1 N–H and O–H groups in total. The summed E-state index contributed by atoms with van der Waals surface area (Å²) < 4.78 is 18.4. The minimum absolute atomic E-state index is 0.0169. The van der Waals surface area contributed by atoms with E-state index in [9.17, 15) is 9.59 Å². The van der Waals surface area contributed by atoms with Gasteiger partial charge in [0.25, 0.3) is 5.91 Å². The Morgan fingerprint density at radius 3 is 2.83 bits per heavy atom. The summed E-state index contributed by atoms with van der Waals surface area (Å²) in [5.41, 5.74) is 2.64. The highest BCUT2D eigenvalue weighted by molar-refractivity contribution is 5.97. The minimum atomic E-state index is -0.173. The highest BCUT2D eigenvalue weighted by Crippen LogP contribution is 2.37. The summed E-state index contributed by atoms with van der Waals surface area (Å²) in [4.78, 5) is 25.1. The Bertz CT molecular complexity index is 778. The summed E-state index contributed by atoms with van der Waals surface area (Å²) in [6, 6.07) is 0. The molecule has 8 heteroatoms. The number of nitrogens with one attached hydrogen (secondary N) is 1. The molecule has 0 radical (unpaired) electrons. The lowest BCUT2D eigenvalue weighted by Crippen LogP contribution is -2.41. The van der Waals surface area contributed by atoms with Crippen molar-refractivity contribution < 1.29 is 23.8 Å². The van der Waals surface area contributed by atoms with Gasteiger partial charge in [-0.15, -0.1) is 0 Å². The van der Waals surface area contributed by atoms with Crippen molar-refractivity contribution in [2.24, 2.45) is 17.3 Å². The first kappa shape index (κ1) is 21.3. The number of fused-ring (bicyclic) bond motifs is 1. The first-order valence-corrected chi connectivity index (χ1v) is 11.2. The average molecular weight is 420 g/mol. The Kier molecular flexibility index (Phi) is 6.43. The number of hydrogen-bond acceptors (Lipinski definition) is 6. The van der Waals surface area contributed by atoms with E-state index in [-0.39, 0.29) is 29.1 Å². The molecule has 0 aliphatic carbocycles. The monoisotopic (exact) mass is 419 g/mol. The molecule has 4 heterocycles. The smallest absolute Gasteiger partial charge is 0.311 e. The molecule has 2 saturated heterocycles. The molecule has 2 atom stereocenters. The van der Waals surface area contributed by atoms with Crippen LogP contribution in [0.2, 0.25) is 0 Å². The van der Waals surface area contributed by atoms with Gasteiger partial charge in [-0.25, -0.2) is 0 Å². The van der Waals surface area contributed by atoms with Crippen LogP contribution >= 0.6 is 0 Å². The van der Waals surface area contributed by atoms with E-state index in [1.807, 2.05) is 11.6 Å². The van der Waals surface area contributed by atoms with Crippen molar-refractivity contribution in [2.45, 2.75) is 52.5 Å². The maximum atomic E-state index is 12.9. The molecule has 3 aliphatic heterocycles. The second-order valence-electron chi connectivity index (χ2n) is 9.07. The van der Waals surface area contributed by atoms with Crippen molar-refractivity contribution >= 4 is 11.9 Å². The molecule has 2 fully saturated rings. The van der Waals surface area contributed by atoms with Gasteiger partial charge in [0, 0.05) is 38.8 Å². The van der Waals surface area contributed by atoms with Crippen LogP contribution in [0.3, 0.4) is 0 Å². The lowest BCUT2D eigenvalue weighted by atomic mass is 9.76. The Hall–Kier alpha value is -1.93. The first-order chi connectivity index (χ1) is 14.5. The summed E-state index contributed by atoms with van der Waals surface area (Å²) in [7, 11) is 0. The predicted octanol–water partition coefficient (Wildman–Crippen LogP) is 1.74. The number of aryl methyl sites for hydroxylation is 1. The standard InChI is InChI=1S/C22H33N3O5/c1-3-17-19-18(10-22(14-23-20(19)26)5-8-28-9-6-22)25(24-17)11-15(2)12-30-21(27)16-4-7-29-13-16/h15-16H,3-14H2,1-2H3,(H,23,26). The highest BCUT2D eigenvalue weighted by Gasteiger charge is 2.39. The van der Waals surface area contributed by atoms with E-state index in [1.54, 1.807) is 0 Å². The van der Waals surface area contributed by atoms with Crippen LogP contribution in [0.15, 0.2) is 0 Å². The van der Waals surface area contributed by atoms with Gasteiger partial charge in [-0.1, -0.05) is 13.8 Å². The highest BCUT2D eigenvalue weighted by atomic mass is 16.5. The van der Waals surface area contributed by atoms with Crippen molar-refractivity contribution in [2.75, 3.05) is 39.6 Å². The van der Waals surface area contributed by atoms with E-state index in [4.69, 9.17) is 19.3 Å². The number of amides is 1. The van der Waals surface area contributed by atoms with Crippen LogP contribution in [0.25, 0.3) is 0 Å². The van der Waals surface area contributed by atoms with Crippen molar-refractivity contribution in [1.29, 1.82) is 0 Å². The zero-order valence-corrected chi connectivity index (χ0v) is 18.1.